The van der Waals surface area contributed by atoms with E-state index in [1.807, 2.05) is 30.3 Å². The number of benzene rings is 4. The van der Waals surface area contributed by atoms with Gasteiger partial charge in [0.25, 0.3) is 15.9 Å². The third kappa shape index (κ3) is 4.09. The predicted octanol–water partition coefficient (Wildman–Crippen LogP) is 4.89. The van der Waals surface area contributed by atoms with Crippen LogP contribution < -0.4 is 14.9 Å². The topological polar surface area (TPSA) is 95.6 Å². The zero-order chi connectivity index (χ0) is 23.9. The maximum Gasteiger partial charge on any atom is 0.261 e. The fourth-order valence-electron chi connectivity index (χ4n) is 3.93. The molecule has 9 heteroatoms. The van der Waals surface area contributed by atoms with Crippen molar-refractivity contribution in [3.8, 4) is 0 Å². The molecule has 4 aromatic rings. The molecule has 0 radical (unpaired) electrons. The summed E-state index contributed by atoms with van der Waals surface area (Å²) < 4.78 is 27.7. The van der Waals surface area contributed by atoms with Gasteiger partial charge in [-0.3, -0.25) is 19.2 Å². The zero-order valence-corrected chi connectivity index (χ0v) is 19.2. The van der Waals surface area contributed by atoms with Gasteiger partial charge >= 0.3 is 0 Å². The van der Waals surface area contributed by atoms with Crippen LogP contribution >= 0.6 is 11.6 Å². The molecule has 2 N–H and O–H groups in total. The van der Waals surface area contributed by atoms with E-state index in [4.69, 9.17) is 11.6 Å². The Labute approximate surface area is 201 Å². The lowest BCUT2D eigenvalue weighted by atomic mass is 10.1. The monoisotopic (exact) mass is 491 g/mol. The number of carbonyl (C=O) groups excluding carboxylic acids is 2. The predicted molar refractivity (Wildman–Crippen MR) is 133 cm³/mol. The number of halogens is 1. The number of hydrogen-bond donors (Lipinski definition) is 2. The molecule has 1 heterocycles. The van der Waals surface area contributed by atoms with E-state index in [-0.39, 0.29) is 17.3 Å². The molecule has 4 aromatic carbocycles. The third-order valence-electron chi connectivity index (χ3n) is 5.50. The molecular weight excluding hydrogens is 474 g/mol. The molecule has 0 bridgehead atoms. The Hall–Kier alpha value is -3.88. The van der Waals surface area contributed by atoms with Gasteiger partial charge in [-0.05, 0) is 66.0 Å². The Morgan fingerprint density at radius 1 is 0.853 bits per heavy atom. The normalized spacial score (nSPS) is 12.7. The largest absolute Gasteiger partial charge is 0.325 e. The van der Waals surface area contributed by atoms with Gasteiger partial charge in [0.2, 0.25) is 5.91 Å². The molecule has 1 aliphatic heterocycles. The van der Waals surface area contributed by atoms with Gasteiger partial charge in [0, 0.05) is 27.3 Å². The number of nitrogens with zero attached hydrogens (tertiary/aromatic N) is 1. The van der Waals surface area contributed by atoms with Crippen LogP contribution in [0.4, 0.5) is 17.1 Å². The van der Waals surface area contributed by atoms with Crippen LogP contribution in [0.3, 0.4) is 0 Å². The van der Waals surface area contributed by atoms with E-state index in [0.29, 0.717) is 27.6 Å². The first-order valence-corrected chi connectivity index (χ1v) is 12.2. The smallest absolute Gasteiger partial charge is 0.261 e. The SMILES string of the molecule is O=C(CN1C(=O)c2cccc3cccc1c23)Nc1ccc(S(=O)(=O)Nc2ccc(Cl)cc2)cc1. The van der Waals surface area contributed by atoms with Crippen LogP contribution in [0.5, 0.6) is 0 Å². The fraction of sp³-hybridized carbons (Fsp3) is 0.0400. The summed E-state index contributed by atoms with van der Waals surface area (Å²) in [6.45, 7) is -0.162. The lowest BCUT2D eigenvalue weighted by Gasteiger charge is -2.17. The standard InChI is InChI=1S/C25H18ClN3O4S/c26-17-7-9-19(10-8-17)28-34(32,33)20-13-11-18(12-14-20)27-23(30)15-29-22-6-2-4-16-3-1-5-21(24(16)22)25(29)31/h1-14,28H,15H2,(H,27,30). The van der Waals surface area contributed by atoms with Crippen molar-refractivity contribution in [2.75, 3.05) is 21.5 Å². The van der Waals surface area contributed by atoms with E-state index in [2.05, 4.69) is 10.0 Å². The highest BCUT2D eigenvalue weighted by Gasteiger charge is 2.30. The molecule has 0 aromatic heterocycles. The van der Waals surface area contributed by atoms with Crippen molar-refractivity contribution in [1.82, 2.24) is 0 Å². The van der Waals surface area contributed by atoms with E-state index in [1.165, 1.54) is 29.2 Å². The molecule has 1 aliphatic rings. The summed E-state index contributed by atoms with van der Waals surface area (Å²) in [7, 11) is -3.81. The fourth-order valence-corrected chi connectivity index (χ4v) is 5.11. The first-order chi connectivity index (χ1) is 16.3. The van der Waals surface area contributed by atoms with E-state index in [1.54, 1.807) is 30.3 Å². The maximum absolute atomic E-state index is 12.9. The molecule has 0 atom stereocenters. The summed E-state index contributed by atoms with van der Waals surface area (Å²) in [4.78, 5) is 27.0. The van der Waals surface area contributed by atoms with Crippen LogP contribution in [-0.2, 0) is 14.8 Å². The lowest BCUT2D eigenvalue weighted by Crippen LogP contribution is -2.35. The summed E-state index contributed by atoms with van der Waals surface area (Å²) >= 11 is 5.83. The Morgan fingerprint density at radius 3 is 2.21 bits per heavy atom. The van der Waals surface area contributed by atoms with Gasteiger partial charge in [-0.1, -0.05) is 35.9 Å². The number of amides is 2. The third-order valence-corrected chi connectivity index (χ3v) is 7.14. The minimum absolute atomic E-state index is 0.0392. The van der Waals surface area contributed by atoms with E-state index >= 15 is 0 Å². The second kappa shape index (κ2) is 8.48. The maximum atomic E-state index is 12.9. The van der Waals surface area contributed by atoms with Gasteiger partial charge in [-0.15, -0.1) is 0 Å². The van der Waals surface area contributed by atoms with Crippen molar-refractivity contribution in [2.24, 2.45) is 0 Å². The Morgan fingerprint density at radius 2 is 1.50 bits per heavy atom. The van der Waals surface area contributed by atoms with Crippen molar-refractivity contribution >= 4 is 61.3 Å². The van der Waals surface area contributed by atoms with Crippen LogP contribution in [0.15, 0.2) is 89.8 Å². The highest BCUT2D eigenvalue weighted by Crippen LogP contribution is 2.37. The number of anilines is 3. The first-order valence-electron chi connectivity index (χ1n) is 10.3. The highest BCUT2D eigenvalue weighted by molar-refractivity contribution is 7.92. The average Bonchev–Trinajstić information content (AvgIpc) is 3.09. The van der Waals surface area contributed by atoms with Crippen LogP contribution in [0.1, 0.15) is 10.4 Å². The van der Waals surface area contributed by atoms with Crippen LogP contribution in [-0.4, -0.2) is 26.8 Å². The number of hydrogen-bond acceptors (Lipinski definition) is 4. The molecule has 5 rings (SSSR count). The minimum Gasteiger partial charge on any atom is -0.325 e. The Kier molecular flexibility index (Phi) is 5.47. The van der Waals surface area contributed by atoms with Gasteiger partial charge in [0.1, 0.15) is 6.54 Å². The van der Waals surface area contributed by atoms with Gasteiger partial charge in [0.05, 0.1) is 10.6 Å². The first kappa shape index (κ1) is 21.9. The average molecular weight is 492 g/mol. The molecule has 0 fully saturated rings. The van der Waals surface area contributed by atoms with E-state index in [9.17, 15) is 18.0 Å². The van der Waals surface area contributed by atoms with Crippen molar-refractivity contribution in [3.05, 3.63) is 95.5 Å². The van der Waals surface area contributed by atoms with Crippen LogP contribution in [0.25, 0.3) is 10.8 Å². The minimum atomic E-state index is -3.81. The van der Waals surface area contributed by atoms with Crippen molar-refractivity contribution in [2.45, 2.75) is 4.90 Å². The zero-order valence-electron chi connectivity index (χ0n) is 17.7. The van der Waals surface area contributed by atoms with Crippen molar-refractivity contribution in [3.63, 3.8) is 0 Å². The molecule has 34 heavy (non-hydrogen) atoms. The summed E-state index contributed by atoms with van der Waals surface area (Å²) in [6.07, 6.45) is 0. The lowest BCUT2D eigenvalue weighted by molar-refractivity contribution is -0.114. The summed E-state index contributed by atoms with van der Waals surface area (Å²) in [6, 6.07) is 23.2. The molecule has 0 saturated carbocycles. The van der Waals surface area contributed by atoms with Gasteiger partial charge in [-0.2, -0.15) is 0 Å². The van der Waals surface area contributed by atoms with Gasteiger partial charge in [-0.25, -0.2) is 8.42 Å². The molecule has 0 aliphatic carbocycles. The second-order valence-electron chi connectivity index (χ2n) is 7.76. The molecule has 170 valence electrons. The van der Waals surface area contributed by atoms with Gasteiger partial charge in [0.15, 0.2) is 0 Å². The molecule has 2 amide bonds. The van der Waals surface area contributed by atoms with Crippen molar-refractivity contribution < 1.29 is 18.0 Å². The van der Waals surface area contributed by atoms with Crippen LogP contribution in [0.2, 0.25) is 5.02 Å². The summed E-state index contributed by atoms with van der Waals surface area (Å²) in [5.74, 6) is -0.621. The highest BCUT2D eigenvalue weighted by atomic mass is 35.5. The van der Waals surface area contributed by atoms with Crippen LogP contribution in [0, 0.1) is 0 Å². The molecular formula is C25H18ClN3O4S. The van der Waals surface area contributed by atoms with E-state index < -0.39 is 15.9 Å². The summed E-state index contributed by atoms with van der Waals surface area (Å²) in [5, 5.41) is 5.00. The van der Waals surface area contributed by atoms with Crippen molar-refractivity contribution in [1.29, 1.82) is 0 Å². The Bertz CT molecular complexity index is 1530. The molecule has 0 saturated heterocycles. The number of carbonyl (C=O) groups is 2. The Balaban J connectivity index is 1.28. The number of sulfonamides is 1. The second-order valence-corrected chi connectivity index (χ2v) is 9.88. The van der Waals surface area contributed by atoms with E-state index in [0.717, 1.165) is 10.8 Å². The molecule has 7 nitrogen and oxygen atoms in total. The number of rotatable bonds is 6. The molecule has 0 spiro atoms. The quantitative estimate of drug-likeness (QED) is 0.401. The molecule has 0 unspecified atom stereocenters. The summed E-state index contributed by atoms with van der Waals surface area (Å²) in [5.41, 5.74) is 2.07. The van der Waals surface area contributed by atoms with Gasteiger partial charge < -0.3 is 5.32 Å². The number of nitrogens with one attached hydrogen (secondary N) is 2.